The van der Waals surface area contributed by atoms with Gasteiger partial charge in [0.1, 0.15) is 17.2 Å². The molecule has 0 saturated heterocycles. The molecule has 5 nitrogen and oxygen atoms in total. The highest BCUT2D eigenvalue weighted by Crippen LogP contribution is 2.22. The van der Waals surface area contributed by atoms with Gasteiger partial charge in [-0.1, -0.05) is 6.07 Å². The van der Waals surface area contributed by atoms with Crippen LogP contribution in [0.25, 0.3) is 23.0 Å². The Labute approximate surface area is 103 Å². The first kappa shape index (κ1) is 10.5. The third kappa shape index (κ3) is 1.93. The number of hydrogen-bond acceptors (Lipinski definition) is 5. The van der Waals surface area contributed by atoms with Crippen molar-refractivity contribution >= 4 is 5.82 Å². The fraction of sp³-hybridized carbons (Fsp3) is 0. The number of aromatic nitrogens is 3. The van der Waals surface area contributed by atoms with Crippen molar-refractivity contribution in [1.29, 1.82) is 0 Å². The van der Waals surface area contributed by atoms with Gasteiger partial charge in [0.25, 0.3) is 0 Å². The van der Waals surface area contributed by atoms with E-state index in [1.165, 1.54) is 0 Å². The van der Waals surface area contributed by atoms with E-state index in [9.17, 15) is 0 Å². The first-order valence-electron chi connectivity index (χ1n) is 5.43. The standard InChI is InChI=1S/C13H10N4O/c14-12-8-10(11-5-3-7-18-11)16-13(17-12)9-4-1-2-6-15-9/h1-8H,(H2,14,16,17). The average molecular weight is 238 g/mol. The Hall–Kier alpha value is -2.69. The monoisotopic (exact) mass is 238 g/mol. The highest BCUT2D eigenvalue weighted by molar-refractivity contribution is 5.61. The minimum atomic E-state index is 0.386. The van der Waals surface area contributed by atoms with Crippen LogP contribution in [0.4, 0.5) is 5.82 Å². The molecule has 2 N–H and O–H groups in total. The maximum Gasteiger partial charge on any atom is 0.180 e. The zero-order chi connectivity index (χ0) is 12.4. The molecule has 0 unspecified atom stereocenters. The number of rotatable bonds is 2. The molecule has 0 aromatic carbocycles. The largest absolute Gasteiger partial charge is 0.463 e. The summed E-state index contributed by atoms with van der Waals surface area (Å²) >= 11 is 0. The molecule has 0 saturated carbocycles. The molecule has 0 spiro atoms. The third-order valence-corrected chi connectivity index (χ3v) is 2.41. The van der Waals surface area contributed by atoms with Crippen LogP contribution in [0, 0.1) is 0 Å². The van der Waals surface area contributed by atoms with E-state index in [0.29, 0.717) is 28.8 Å². The molecular formula is C13H10N4O. The van der Waals surface area contributed by atoms with E-state index in [2.05, 4.69) is 15.0 Å². The maximum absolute atomic E-state index is 5.78. The Morgan fingerprint density at radius 3 is 2.67 bits per heavy atom. The van der Waals surface area contributed by atoms with Crippen molar-refractivity contribution in [2.75, 3.05) is 5.73 Å². The highest BCUT2D eigenvalue weighted by Gasteiger charge is 2.09. The zero-order valence-electron chi connectivity index (χ0n) is 9.45. The summed E-state index contributed by atoms with van der Waals surface area (Å²) in [6, 6.07) is 10.8. The van der Waals surface area contributed by atoms with Gasteiger partial charge >= 0.3 is 0 Å². The van der Waals surface area contributed by atoms with E-state index >= 15 is 0 Å². The molecule has 3 aromatic rings. The van der Waals surface area contributed by atoms with Gasteiger partial charge in [-0.2, -0.15) is 0 Å². The fourth-order valence-electron chi connectivity index (χ4n) is 1.63. The third-order valence-electron chi connectivity index (χ3n) is 2.41. The summed E-state index contributed by atoms with van der Waals surface area (Å²) in [5.74, 6) is 1.53. The number of nitrogens with two attached hydrogens (primary N) is 1. The molecule has 0 aliphatic heterocycles. The second-order valence-electron chi connectivity index (χ2n) is 3.69. The second-order valence-corrected chi connectivity index (χ2v) is 3.69. The van der Waals surface area contributed by atoms with E-state index in [1.54, 1.807) is 24.6 Å². The van der Waals surface area contributed by atoms with Crippen LogP contribution in [0.3, 0.4) is 0 Å². The summed E-state index contributed by atoms with van der Waals surface area (Å²) in [4.78, 5) is 12.8. The predicted molar refractivity (Wildman–Crippen MR) is 67.4 cm³/mol. The minimum absolute atomic E-state index is 0.386. The van der Waals surface area contributed by atoms with Crippen molar-refractivity contribution in [3.63, 3.8) is 0 Å². The lowest BCUT2D eigenvalue weighted by atomic mass is 10.3. The number of furan rings is 1. The number of nitrogen functional groups attached to an aromatic ring is 1. The highest BCUT2D eigenvalue weighted by atomic mass is 16.3. The summed E-state index contributed by atoms with van der Waals surface area (Å²) in [6.07, 6.45) is 3.28. The fourth-order valence-corrected chi connectivity index (χ4v) is 1.63. The molecule has 0 aliphatic carbocycles. The molecule has 88 valence electrons. The van der Waals surface area contributed by atoms with Crippen molar-refractivity contribution < 1.29 is 4.42 Å². The second kappa shape index (κ2) is 4.29. The van der Waals surface area contributed by atoms with Crippen molar-refractivity contribution in [3.05, 3.63) is 48.9 Å². The van der Waals surface area contributed by atoms with Gasteiger partial charge in [0, 0.05) is 12.3 Å². The van der Waals surface area contributed by atoms with Crippen LogP contribution in [0.15, 0.2) is 53.3 Å². The quantitative estimate of drug-likeness (QED) is 0.741. The first-order valence-corrected chi connectivity index (χ1v) is 5.43. The van der Waals surface area contributed by atoms with Crippen LogP contribution in [-0.2, 0) is 0 Å². The van der Waals surface area contributed by atoms with Gasteiger partial charge in [0.15, 0.2) is 11.6 Å². The molecule has 0 fully saturated rings. The summed E-state index contributed by atoms with van der Waals surface area (Å²) < 4.78 is 5.30. The molecule has 0 bridgehead atoms. The summed E-state index contributed by atoms with van der Waals surface area (Å²) in [5.41, 5.74) is 7.11. The van der Waals surface area contributed by atoms with Crippen LogP contribution in [0.5, 0.6) is 0 Å². The van der Waals surface area contributed by atoms with E-state index < -0.39 is 0 Å². The van der Waals surface area contributed by atoms with Gasteiger partial charge in [0.05, 0.1) is 6.26 Å². The van der Waals surface area contributed by atoms with Gasteiger partial charge < -0.3 is 10.2 Å². The van der Waals surface area contributed by atoms with Gasteiger partial charge in [0.2, 0.25) is 0 Å². The average Bonchev–Trinajstić information content (AvgIpc) is 2.93. The van der Waals surface area contributed by atoms with Gasteiger partial charge in [-0.15, -0.1) is 0 Å². The topological polar surface area (TPSA) is 77.8 Å². The maximum atomic E-state index is 5.78. The molecule has 0 aliphatic rings. The molecule has 3 rings (SSSR count). The van der Waals surface area contributed by atoms with Gasteiger partial charge in [-0.05, 0) is 24.3 Å². The summed E-state index contributed by atoms with van der Waals surface area (Å²) in [6.45, 7) is 0. The van der Waals surface area contributed by atoms with E-state index in [1.807, 2.05) is 24.3 Å². The molecule has 0 atom stereocenters. The molecule has 3 heterocycles. The lowest BCUT2D eigenvalue weighted by Gasteiger charge is -2.03. The Morgan fingerprint density at radius 1 is 1.00 bits per heavy atom. The molecule has 18 heavy (non-hydrogen) atoms. The lowest BCUT2D eigenvalue weighted by molar-refractivity contribution is 0.580. The van der Waals surface area contributed by atoms with Crippen LogP contribution < -0.4 is 5.73 Å². The van der Waals surface area contributed by atoms with E-state index in [-0.39, 0.29) is 0 Å². The number of nitrogens with zero attached hydrogens (tertiary/aromatic N) is 3. The lowest BCUT2D eigenvalue weighted by Crippen LogP contribution is -1.98. The van der Waals surface area contributed by atoms with E-state index in [4.69, 9.17) is 10.2 Å². The van der Waals surface area contributed by atoms with Crippen LogP contribution in [-0.4, -0.2) is 15.0 Å². The minimum Gasteiger partial charge on any atom is -0.463 e. The first-order chi connectivity index (χ1) is 8.83. The molecule has 3 aromatic heterocycles. The zero-order valence-corrected chi connectivity index (χ0v) is 9.45. The van der Waals surface area contributed by atoms with Crippen molar-refractivity contribution in [3.8, 4) is 23.0 Å². The summed E-state index contributed by atoms with van der Waals surface area (Å²) in [7, 11) is 0. The Kier molecular flexibility index (Phi) is 2.49. The number of anilines is 1. The van der Waals surface area contributed by atoms with Crippen molar-refractivity contribution in [2.24, 2.45) is 0 Å². The molecule has 5 heteroatoms. The van der Waals surface area contributed by atoms with Gasteiger partial charge in [-0.3, -0.25) is 4.98 Å². The van der Waals surface area contributed by atoms with Crippen molar-refractivity contribution in [1.82, 2.24) is 15.0 Å². The van der Waals surface area contributed by atoms with Crippen LogP contribution >= 0.6 is 0 Å². The Balaban J connectivity index is 2.12. The Morgan fingerprint density at radius 2 is 1.94 bits per heavy atom. The van der Waals surface area contributed by atoms with E-state index in [0.717, 1.165) is 0 Å². The molecule has 0 amide bonds. The van der Waals surface area contributed by atoms with Crippen LogP contribution in [0.2, 0.25) is 0 Å². The Bertz CT molecular complexity index is 650. The number of hydrogen-bond donors (Lipinski definition) is 1. The smallest absolute Gasteiger partial charge is 0.180 e. The van der Waals surface area contributed by atoms with Crippen LogP contribution in [0.1, 0.15) is 0 Å². The summed E-state index contributed by atoms with van der Waals surface area (Å²) in [5, 5.41) is 0. The van der Waals surface area contributed by atoms with Gasteiger partial charge in [-0.25, -0.2) is 9.97 Å². The van der Waals surface area contributed by atoms with Crippen molar-refractivity contribution in [2.45, 2.75) is 0 Å². The molecular weight excluding hydrogens is 228 g/mol. The predicted octanol–water partition coefficient (Wildman–Crippen LogP) is 2.38. The normalized spacial score (nSPS) is 10.4. The SMILES string of the molecule is Nc1cc(-c2ccco2)nc(-c2ccccn2)n1. The molecule has 0 radical (unpaired) electrons. The number of pyridine rings is 1.